The summed E-state index contributed by atoms with van der Waals surface area (Å²) < 4.78 is 45.0. The molecule has 81 heavy (non-hydrogen) atoms. The minimum Gasteiger partial charge on any atom is -0.445 e. The highest BCUT2D eigenvalue weighted by Crippen LogP contribution is 2.41. The van der Waals surface area contributed by atoms with Crippen LogP contribution in [0.15, 0.2) is 103 Å². The van der Waals surface area contributed by atoms with Crippen molar-refractivity contribution in [1.82, 2.24) is 46.3 Å². The monoisotopic (exact) mass is 1130 g/mol. The van der Waals surface area contributed by atoms with Gasteiger partial charge in [0.15, 0.2) is 1.41 Å². The largest absolute Gasteiger partial charge is 0.445 e. The number of nitrogens with one attached hydrogen (secondary N) is 6. The maximum absolute atomic E-state index is 15.4. The van der Waals surface area contributed by atoms with Gasteiger partial charge in [0.25, 0.3) is 11.8 Å². The van der Waals surface area contributed by atoms with Gasteiger partial charge in [-0.1, -0.05) is 81.4 Å². The molecule has 0 aliphatic carbocycles. The fourth-order valence-corrected chi connectivity index (χ4v) is 8.54. The van der Waals surface area contributed by atoms with Gasteiger partial charge in [-0.15, -0.1) is 0 Å². The van der Waals surface area contributed by atoms with Crippen molar-refractivity contribution in [2.24, 2.45) is 16.9 Å². The van der Waals surface area contributed by atoms with E-state index in [1.54, 1.807) is 86.1 Å². The Balaban J connectivity index is 1.40. The molecule has 0 saturated carbocycles. The van der Waals surface area contributed by atoms with Crippen LogP contribution in [-0.4, -0.2) is 142 Å². The van der Waals surface area contributed by atoms with Crippen LogP contribution in [0.3, 0.4) is 0 Å². The highest BCUT2D eigenvalue weighted by molar-refractivity contribution is 6.14. The number of ether oxygens (including phenoxy) is 1. The van der Waals surface area contributed by atoms with Crippen molar-refractivity contribution in [3.05, 3.63) is 132 Å². The first-order valence-electron chi connectivity index (χ1n) is 25.9. The number of rotatable bonds is 28. The van der Waals surface area contributed by atoms with Gasteiger partial charge in [0.2, 0.25) is 47.3 Å². The van der Waals surface area contributed by atoms with E-state index < -0.39 is 151 Å². The van der Waals surface area contributed by atoms with Crippen LogP contribution < -0.4 is 43.4 Å². The summed E-state index contributed by atoms with van der Waals surface area (Å²) in [6.07, 6.45) is -0.0267. The number of aromatic nitrogens is 1. The van der Waals surface area contributed by atoms with Crippen LogP contribution in [0, 0.1) is 17.0 Å². The Labute approximate surface area is 465 Å². The van der Waals surface area contributed by atoms with Crippen LogP contribution >= 0.6 is 0 Å². The Morgan fingerprint density at radius 2 is 1.37 bits per heavy atom. The van der Waals surface area contributed by atoms with E-state index in [0.29, 0.717) is 16.2 Å². The van der Waals surface area contributed by atoms with Crippen molar-refractivity contribution in [2.45, 2.75) is 90.3 Å². The number of aliphatic hydroxyl groups excluding tert-OH is 1. The zero-order chi connectivity index (χ0) is 60.4. The second kappa shape index (κ2) is 29.0. The highest BCUT2D eigenvalue weighted by atomic mass is 19.1. The van der Waals surface area contributed by atoms with Crippen LogP contribution in [0.4, 0.5) is 13.6 Å². The molecule has 1 aliphatic rings. The topological polar surface area (TPSA) is 353 Å². The SMILES string of the molecule is [2H]N(C(=O)OCc1ccccc1)[C@@H](C)C(=O)N[C@@H](CC(=O)N[C@@H](CC(N)=O)C(=O)N[C@@H](CCN(C(=O)CO)[C@@H](c1cc(-c2cc(F)ccc2F)cn1Cc1ccccc1)C(C)(C)C)C(=O)NCCNC(=O)CN1C(=O)C=CC1=O)C(N)=O. The number of carbonyl (C=O) groups is 11. The lowest BCUT2D eigenvalue weighted by Crippen LogP contribution is -2.57. The van der Waals surface area contributed by atoms with Gasteiger partial charge in [0, 0.05) is 61.3 Å². The van der Waals surface area contributed by atoms with Gasteiger partial charge in [-0.3, -0.25) is 52.8 Å². The zero-order valence-electron chi connectivity index (χ0n) is 45.8. The number of amides is 11. The third-order valence-corrected chi connectivity index (χ3v) is 12.5. The first kappa shape index (κ1) is 60.9. The summed E-state index contributed by atoms with van der Waals surface area (Å²) >= 11 is 0. The van der Waals surface area contributed by atoms with Crippen LogP contribution in [0.25, 0.3) is 11.1 Å². The van der Waals surface area contributed by atoms with E-state index in [0.717, 1.165) is 42.8 Å². The summed E-state index contributed by atoms with van der Waals surface area (Å²) in [6, 6.07) is 13.9. The smallest absolute Gasteiger partial charge is 0.408 e. The van der Waals surface area contributed by atoms with Crippen molar-refractivity contribution >= 4 is 65.2 Å². The molecule has 0 saturated heterocycles. The normalized spacial score (nSPS) is 14.1. The number of carbonyl (C=O) groups excluding carboxylic acids is 11. The summed E-state index contributed by atoms with van der Waals surface area (Å²) in [5.74, 6) is -11.4. The Bertz CT molecular complexity index is 3030. The molecule has 1 aliphatic heterocycles. The number of halogens is 2. The number of aliphatic hydroxyl groups is 1. The third kappa shape index (κ3) is 18.7. The lowest BCUT2D eigenvalue weighted by molar-refractivity contribution is -0.141. The maximum atomic E-state index is 15.4. The van der Waals surface area contributed by atoms with Crippen LogP contribution in [0.2, 0.25) is 1.41 Å². The number of benzene rings is 3. The molecule has 2 heterocycles. The second-order valence-electron chi connectivity index (χ2n) is 19.8. The number of hydrogen-bond acceptors (Lipinski definition) is 13. The zero-order valence-corrected chi connectivity index (χ0v) is 44.8. The van der Waals surface area contributed by atoms with E-state index in [1.807, 2.05) is 12.1 Å². The van der Waals surface area contributed by atoms with Gasteiger partial charge < -0.3 is 62.7 Å². The molecule has 4 aromatic rings. The molecule has 11 amide bonds. The Kier molecular flexibility index (Phi) is 21.8. The predicted octanol–water partition coefficient (Wildman–Crippen LogP) is 0.457. The highest BCUT2D eigenvalue weighted by Gasteiger charge is 2.39. The maximum Gasteiger partial charge on any atom is 0.408 e. The minimum atomic E-state index is -1.89. The van der Waals surface area contributed by atoms with E-state index in [2.05, 4.69) is 26.6 Å². The third-order valence-electron chi connectivity index (χ3n) is 12.5. The molecule has 3 aromatic carbocycles. The quantitative estimate of drug-likeness (QED) is 0.0276. The lowest BCUT2D eigenvalue weighted by Gasteiger charge is -2.41. The van der Waals surface area contributed by atoms with Gasteiger partial charge in [0.1, 0.15) is 55.6 Å². The summed E-state index contributed by atoms with van der Waals surface area (Å²) in [5, 5.41) is 22.5. The Morgan fingerprint density at radius 1 is 0.753 bits per heavy atom. The first-order valence-corrected chi connectivity index (χ1v) is 25.4. The van der Waals surface area contributed by atoms with Gasteiger partial charge >= 0.3 is 6.09 Å². The molecule has 11 N–H and O–H groups in total. The van der Waals surface area contributed by atoms with Crippen molar-refractivity contribution in [3.63, 3.8) is 0 Å². The van der Waals surface area contributed by atoms with E-state index in [4.69, 9.17) is 17.6 Å². The number of nitrogens with zero attached hydrogens (tertiary/aromatic N) is 3. The predicted molar refractivity (Wildman–Crippen MR) is 285 cm³/mol. The first-order chi connectivity index (χ1) is 38.8. The average molecular weight is 1130 g/mol. The molecular weight excluding hydrogens is 1060 g/mol. The Morgan fingerprint density at radius 3 is 1.98 bits per heavy atom. The second-order valence-corrected chi connectivity index (χ2v) is 19.8. The fourth-order valence-electron chi connectivity index (χ4n) is 8.54. The summed E-state index contributed by atoms with van der Waals surface area (Å²) in [7, 11) is 0. The molecule has 0 unspecified atom stereocenters. The lowest BCUT2D eigenvalue weighted by atomic mass is 9.82. The van der Waals surface area contributed by atoms with E-state index in [-0.39, 0.29) is 42.7 Å². The molecule has 0 spiro atoms. The summed E-state index contributed by atoms with van der Waals surface area (Å²) in [6.45, 7) is 3.61. The Hall–Kier alpha value is -9.33. The summed E-state index contributed by atoms with van der Waals surface area (Å²) in [5.41, 5.74) is 11.9. The van der Waals surface area contributed by atoms with E-state index in [9.17, 15) is 62.2 Å². The molecule has 432 valence electrons. The number of nitrogens with two attached hydrogens (primary N) is 2. The molecule has 24 nitrogen and oxygen atoms in total. The molecule has 5 rings (SSSR count). The van der Waals surface area contributed by atoms with Gasteiger partial charge in [-0.05, 0) is 54.2 Å². The van der Waals surface area contributed by atoms with Crippen molar-refractivity contribution in [2.75, 3.05) is 32.8 Å². The fraction of sp³-hybridized carbons (Fsp3) is 0.364. The van der Waals surface area contributed by atoms with Gasteiger partial charge in [-0.25, -0.2) is 13.6 Å². The number of imide groups is 1. The molecule has 26 heteroatoms. The van der Waals surface area contributed by atoms with Crippen LogP contribution in [0.1, 0.15) is 69.8 Å². The standard InChI is InChI=1S/C55H65F2N11O13/c1-32(62-54(80)81-31-34-13-9-6-10-14-34)51(77)65-40(50(59)76)26-44(71)63-41(25-43(58)70)53(79)64-39(52(78)61-21-20-60-45(72)29-68-46(73)17-18-47(68)74)19-22-67(48(75)30-69)49(55(2,3)4)42-23-35(37-24-36(56)15-16-38(37)57)28-66(42)27-33-11-7-5-8-12-33/h5-18,23-24,28,32,39-41,49,69H,19-22,25-27,29-31H2,1-4H3,(H2,58,70)(H2,59,76)(H,60,72)(H,61,78)(H,62,80)(H,63,71)(H,64,79)(H,65,77)/t32-,39-,40-,41-,49-/m0/s1/i/hD. The molecule has 0 fully saturated rings. The molecule has 5 atom stereocenters. The van der Waals surface area contributed by atoms with Crippen molar-refractivity contribution in [1.29, 1.82) is 0 Å². The van der Waals surface area contributed by atoms with Crippen molar-refractivity contribution < 1.29 is 72.8 Å². The van der Waals surface area contributed by atoms with Crippen molar-refractivity contribution in [3.8, 4) is 11.1 Å². The molecular formula is C55H65F2N11O13. The van der Waals surface area contributed by atoms with Gasteiger partial charge in [-0.2, -0.15) is 0 Å². The van der Waals surface area contributed by atoms with Gasteiger partial charge in [0.05, 0.1) is 18.9 Å². The average Bonchev–Trinajstić information content (AvgIpc) is 4.22. The summed E-state index contributed by atoms with van der Waals surface area (Å²) in [4.78, 5) is 145. The molecule has 0 radical (unpaired) electrons. The van der Waals surface area contributed by atoms with Crippen LogP contribution in [0.5, 0.6) is 0 Å². The van der Waals surface area contributed by atoms with Crippen LogP contribution in [-0.2, 0) is 65.8 Å². The number of hydrogen-bond donors (Lipinski definition) is 9. The molecule has 1 aromatic heterocycles. The molecule has 0 bridgehead atoms. The van der Waals surface area contributed by atoms with E-state index >= 15 is 4.39 Å². The van der Waals surface area contributed by atoms with E-state index in [1.165, 1.54) is 4.90 Å². The minimum absolute atomic E-state index is 0.0945. The number of primary amides is 2. The number of alkyl carbamates (subject to hydrolysis) is 1.